The fourth-order valence-corrected chi connectivity index (χ4v) is 4.19. The van der Waals surface area contributed by atoms with Gasteiger partial charge in [-0.2, -0.15) is 13.2 Å². The molecule has 4 aromatic rings. The van der Waals surface area contributed by atoms with Gasteiger partial charge in [-0.05, 0) is 71.2 Å². The van der Waals surface area contributed by atoms with Crippen molar-refractivity contribution in [2.45, 2.75) is 25.4 Å². The van der Waals surface area contributed by atoms with Crippen LogP contribution >= 0.6 is 0 Å². The molecule has 2 nitrogen and oxygen atoms in total. The van der Waals surface area contributed by atoms with E-state index >= 15 is 4.39 Å². The number of methoxy groups -OCH3 is 1. The largest absolute Gasteiger partial charge is 0.478 e. The lowest BCUT2D eigenvalue weighted by Gasteiger charge is -2.12. The molecule has 0 aromatic heterocycles. The Morgan fingerprint density at radius 1 is 0.711 bits per heavy atom. The Balaban J connectivity index is 1.51. The molecule has 0 aliphatic heterocycles. The minimum absolute atomic E-state index is 0.0362. The van der Waals surface area contributed by atoms with Crippen LogP contribution in [0.1, 0.15) is 16.7 Å². The number of fused-ring (bicyclic) bond motifs is 1. The molecule has 0 saturated heterocycles. The van der Waals surface area contributed by atoms with Crippen LogP contribution in [0.2, 0.25) is 0 Å². The Labute approximate surface area is 214 Å². The Kier molecular flexibility index (Phi) is 8.26. The Bertz CT molecular complexity index is 1420. The van der Waals surface area contributed by atoms with Crippen LogP contribution in [-0.4, -0.2) is 26.5 Å². The normalized spacial score (nSPS) is 11.8. The van der Waals surface area contributed by atoms with E-state index in [1.54, 1.807) is 43.5 Å². The van der Waals surface area contributed by atoms with Gasteiger partial charge in [-0.15, -0.1) is 0 Å². The summed E-state index contributed by atoms with van der Waals surface area (Å²) in [7, 11) is 1.57. The minimum Gasteiger partial charge on any atom is -0.478 e. The number of hydrogen-bond acceptors (Lipinski definition) is 2. The molecular weight excluding hydrogens is 513 g/mol. The number of halogens is 7. The van der Waals surface area contributed by atoms with Crippen LogP contribution in [0.15, 0.2) is 60.7 Å². The third kappa shape index (κ3) is 6.45. The molecule has 38 heavy (non-hydrogen) atoms. The van der Waals surface area contributed by atoms with Gasteiger partial charge in [-0.25, -0.2) is 17.6 Å². The molecule has 0 fully saturated rings. The van der Waals surface area contributed by atoms with Crippen molar-refractivity contribution >= 4 is 10.8 Å². The average molecular weight is 536 g/mol. The summed E-state index contributed by atoms with van der Waals surface area (Å²) in [6.45, 7) is -1.35. The predicted octanol–water partition coefficient (Wildman–Crippen LogP) is 7.98. The monoisotopic (exact) mass is 536 g/mol. The van der Waals surface area contributed by atoms with Crippen molar-refractivity contribution in [3.63, 3.8) is 0 Å². The highest BCUT2D eigenvalue weighted by Crippen LogP contribution is 2.31. The van der Waals surface area contributed by atoms with Gasteiger partial charge in [-0.3, -0.25) is 0 Å². The Morgan fingerprint density at radius 2 is 1.42 bits per heavy atom. The number of benzene rings is 4. The number of hydrogen-bond donors (Lipinski definition) is 0. The summed E-state index contributed by atoms with van der Waals surface area (Å²) in [6, 6.07) is 14.7. The van der Waals surface area contributed by atoms with Crippen molar-refractivity contribution in [1.29, 1.82) is 0 Å². The summed E-state index contributed by atoms with van der Waals surface area (Å²) in [4.78, 5) is 0. The van der Waals surface area contributed by atoms with E-state index in [0.29, 0.717) is 34.9 Å². The number of alkyl halides is 3. The highest BCUT2D eigenvalue weighted by Gasteiger charge is 2.30. The maximum absolute atomic E-state index is 15.2. The summed E-state index contributed by atoms with van der Waals surface area (Å²) in [6.07, 6.45) is -4.04. The van der Waals surface area contributed by atoms with Gasteiger partial charge in [0.05, 0.1) is 6.61 Å². The smallest absolute Gasteiger partial charge is 0.422 e. The topological polar surface area (TPSA) is 18.5 Å². The summed E-state index contributed by atoms with van der Waals surface area (Å²) >= 11 is 0. The number of aryl methyl sites for hydroxylation is 2. The van der Waals surface area contributed by atoms with Gasteiger partial charge < -0.3 is 9.47 Å². The second kappa shape index (κ2) is 11.4. The summed E-state index contributed by atoms with van der Waals surface area (Å²) < 4.78 is 104. The van der Waals surface area contributed by atoms with Crippen LogP contribution in [0.25, 0.3) is 21.9 Å². The van der Waals surface area contributed by atoms with Crippen molar-refractivity contribution in [3.8, 4) is 16.9 Å². The zero-order chi connectivity index (χ0) is 27.4. The van der Waals surface area contributed by atoms with Crippen LogP contribution in [0.5, 0.6) is 5.75 Å². The van der Waals surface area contributed by atoms with Crippen LogP contribution in [-0.2, 0) is 24.0 Å². The van der Waals surface area contributed by atoms with E-state index in [9.17, 15) is 26.3 Å². The predicted molar refractivity (Wildman–Crippen MR) is 130 cm³/mol. The molecule has 4 aromatic carbocycles. The van der Waals surface area contributed by atoms with Gasteiger partial charge in [0.1, 0.15) is 11.6 Å². The lowest BCUT2D eigenvalue weighted by atomic mass is 9.96. The summed E-state index contributed by atoms with van der Waals surface area (Å²) in [5, 5.41) is 0.853. The first-order valence-electron chi connectivity index (χ1n) is 11.7. The lowest BCUT2D eigenvalue weighted by Crippen LogP contribution is -2.20. The fraction of sp³-hybridized carbons (Fsp3) is 0.241. The lowest BCUT2D eigenvalue weighted by molar-refractivity contribution is -0.154. The molecule has 0 radical (unpaired) electrons. The fourth-order valence-electron chi connectivity index (χ4n) is 4.19. The molecule has 0 aliphatic rings. The molecule has 9 heteroatoms. The zero-order valence-electron chi connectivity index (χ0n) is 20.3. The van der Waals surface area contributed by atoms with Crippen molar-refractivity contribution in [2.75, 3.05) is 20.3 Å². The molecule has 0 bridgehead atoms. The first-order chi connectivity index (χ1) is 18.1. The molecule has 0 unspecified atom stereocenters. The van der Waals surface area contributed by atoms with E-state index in [-0.39, 0.29) is 24.0 Å². The molecule has 0 aliphatic carbocycles. The molecule has 0 saturated carbocycles. The molecule has 0 heterocycles. The Hall–Kier alpha value is -3.59. The van der Waals surface area contributed by atoms with Crippen LogP contribution in [0, 0.1) is 23.3 Å². The van der Waals surface area contributed by atoms with E-state index in [1.165, 1.54) is 6.07 Å². The van der Waals surface area contributed by atoms with Crippen molar-refractivity contribution in [2.24, 2.45) is 0 Å². The highest BCUT2D eigenvalue weighted by atomic mass is 19.4. The molecular formula is C29H23F7O2. The van der Waals surface area contributed by atoms with Crippen molar-refractivity contribution in [3.05, 3.63) is 101 Å². The molecule has 0 amide bonds. The van der Waals surface area contributed by atoms with E-state index in [2.05, 4.69) is 4.74 Å². The maximum Gasteiger partial charge on any atom is 0.422 e. The first-order valence-corrected chi connectivity index (χ1v) is 11.7. The summed E-state index contributed by atoms with van der Waals surface area (Å²) in [5.41, 5.74) is 2.19. The molecule has 0 atom stereocenters. The number of ether oxygens (including phenoxy) is 2. The van der Waals surface area contributed by atoms with Gasteiger partial charge in [0, 0.05) is 18.1 Å². The molecule has 0 N–H and O–H groups in total. The molecule has 200 valence electrons. The zero-order valence-corrected chi connectivity index (χ0v) is 20.3. The Morgan fingerprint density at radius 3 is 2.08 bits per heavy atom. The quantitative estimate of drug-likeness (QED) is 0.202. The number of rotatable bonds is 9. The first kappa shape index (κ1) is 27.4. The minimum atomic E-state index is -4.74. The maximum atomic E-state index is 15.2. The van der Waals surface area contributed by atoms with Crippen LogP contribution < -0.4 is 4.74 Å². The third-order valence-electron chi connectivity index (χ3n) is 6.09. The van der Waals surface area contributed by atoms with Crippen LogP contribution in [0.3, 0.4) is 0 Å². The van der Waals surface area contributed by atoms with Crippen molar-refractivity contribution < 1.29 is 40.2 Å². The van der Waals surface area contributed by atoms with Gasteiger partial charge >= 0.3 is 6.18 Å². The molecule has 0 spiro atoms. The van der Waals surface area contributed by atoms with Gasteiger partial charge in [0.2, 0.25) is 0 Å². The molecule has 4 rings (SSSR count). The average Bonchev–Trinajstić information content (AvgIpc) is 2.86. The SMILES string of the molecule is COCCc1ccc(-c2ccc3c(F)c(CCc4cc(F)c(OCC(F)(F)F)c(F)c4)ccc3c2)c(F)c1. The third-order valence-corrected chi connectivity index (χ3v) is 6.09. The van der Waals surface area contributed by atoms with Crippen molar-refractivity contribution in [1.82, 2.24) is 0 Å². The second-order valence-electron chi connectivity index (χ2n) is 8.82. The van der Waals surface area contributed by atoms with Gasteiger partial charge in [0.25, 0.3) is 0 Å². The van der Waals surface area contributed by atoms with E-state index in [4.69, 9.17) is 4.74 Å². The van der Waals surface area contributed by atoms with E-state index < -0.39 is 41.8 Å². The van der Waals surface area contributed by atoms with E-state index in [0.717, 1.165) is 17.7 Å². The second-order valence-corrected chi connectivity index (χ2v) is 8.82. The van der Waals surface area contributed by atoms with Gasteiger partial charge in [-0.1, -0.05) is 36.4 Å². The van der Waals surface area contributed by atoms with Crippen LogP contribution in [0.4, 0.5) is 30.7 Å². The summed E-state index contributed by atoms with van der Waals surface area (Å²) in [5.74, 6) is -4.57. The standard InChI is InChI=1S/C29H23F7O2/c1-37-11-10-17-3-8-22(24(30)12-17)20-7-9-23-21(15-20)6-5-19(27(23)33)4-2-18-13-25(31)28(26(32)14-18)38-16-29(34,35)36/h3,5-9,12-15H,2,4,10-11,16H2,1H3. The van der Waals surface area contributed by atoms with Gasteiger partial charge in [0.15, 0.2) is 24.0 Å². The van der Waals surface area contributed by atoms with E-state index in [1.807, 2.05) is 6.07 Å². The highest BCUT2D eigenvalue weighted by molar-refractivity contribution is 5.88.